The van der Waals surface area contributed by atoms with E-state index in [1.807, 2.05) is 37.2 Å². The Morgan fingerprint density at radius 2 is 2.08 bits per heavy atom. The molecule has 1 amide bonds. The van der Waals surface area contributed by atoms with Crippen molar-refractivity contribution < 1.29 is 14.7 Å². The highest BCUT2D eigenvalue weighted by Crippen LogP contribution is 2.28. The number of carbonyl (C=O) groups is 2. The van der Waals surface area contributed by atoms with Crippen molar-refractivity contribution in [3.63, 3.8) is 0 Å². The summed E-state index contributed by atoms with van der Waals surface area (Å²) < 4.78 is 0. The molecule has 4 heterocycles. The molecule has 3 aliphatic rings. The van der Waals surface area contributed by atoms with Crippen LogP contribution in [0.3, 0.4) is 0 Å². The Balaban J connectivity index is 0.000000613. The van der Waals surface area contributed by atoms with Gasteiger partial charge in [0.25, 0.3) is 12.4 Å². The number of amides is 1. The van der Waals surface area contributed by atoms with Crippen LogP contribution in [0.1, 0.15) is 23.3 Å². The number of carbonyl (C=O) groups excluding carboxylic acids is 1. The van der Waals surface area contributed by atoms with Crippen molar-refractivity contribution in [2.24, 2.45) is 5.92 Å². The molecule has 26 heavy (non-hydrogen) atoms. The number of piperidine rings is 3. The fourth-order valence-corrected chi connectivity index (χ4v) is 3.82. The number of fused-ring (bicyclic) bond motifs is 4. The maximum atomic E-state index is 12.7. The predicted octanol–water partition coefficient (Wildman–Crippen LogP) is 1.15. The summed E-state index contributed by atoms with van der Waals surface area (Å²) in [6, 6.07) is 6.27. The van der Waals surface area contributed by atoms with Crippen molar-refractivity contribution in [1.82, 2.24) is 20.4 Å². The third-order valence-corrected chi connectivity index (χ3v) is 5.25. The zero-order valence-electron chi connectivity index (χ0n) is 15.1. The molecule has 2 aromatic rings. The van der Waals surface area contributed by atoms with Gasteiger partial charge in [0.15, 0.2) is 5.69 Å². The minimum Gasteiger partial charge on any atom is -0.483 e. The number of H-pyrrole nitrogens is 1. The number of hydrogen-bond acceptors (Lipinski definition) is 5. The largest absolute Gasteiger partial charge is 0.483 e. The van der Waals surface area contributed by atoms with E-state index in [-0.39, 0.29) is 18.4 Å². The van der Waals surface area contributed by atoms with Gasteiger partial charge in [-0.2, -0.15) is 5.10 Å². The van der Waals surface area contributed by atoms with E-state index < -0.39 is 0 Å². The number of anilines is 1. The van der Waals surface area contributed by atoms with Crippen molar-refractivity contribution in [1.29, 1.82) is 0 Å². The minimum atomic E-state index is -0.250. The van der Waals surface area contributed by atoms with Crippen molar-refractivity contribution in [2.75, 3.05) is 38.6 Å². The van der Waals surface area contributed by atoms with Gasteiger partial charge in [-0.1, -0.05) is 0 Å². The minimum absolute atomic E-state index is 0.0640. The second-order valence-corrected chi connectivity index (χ2v) is 7.02. The van der Waals surface area contributed by atoms with Gasteiger partial charge in [-0.05, 0) is 50.0 Å². The molecule has 0 spiro atoms. The first-order chi connectivity index (χ1) is 12.5. The number of aromatic nitrogens is 2. The van der Waals surface area contributed by atoms with Gasteiger partial charge in [0.05, 0.1) is 5.52 Å². The van der Waals surface area contributed by atoms with Crippen LogP contribution in [-0.4, -0.2) is 72.4 Å². The number of rotatable bonds is 3. The lowest BCUT2D eigenvalue weighted by Gasteiger charge is -2.44. The van der Waals surface area contributed by atoms with Gasteiger partial charge in [0.2, 0.25) is 0 Å². The Labute approximate surface area is 152 Å². The average molecular weight is 359 g/mol. The van der Waals surface area contributed by atoms with Gasteiger partial charge in [-0.25, -0.2) is 0 Å². The van der Waals surface area contributed by atoms with E-state index in [1.165, 1.54) is 25.9 Å². The summed E-state index contributed by atoms with van der Waals surface area (Å²) in [4.78, 5) is 25.6. The molecule has 2 bridgehead atoms. The molecule has 3 aliphatic heterocycles. The molecule has 8 heteroatoms. The van der Waals surface area contributed by atoms with Crippen LogP contribution in [0.15, 0.2) is 18.2 Å². The molecule has 3 saturated heterocycles. The zero-order valence-corrected chi connectivity index (χ0v) is 15.1. The van der Waals surface area contributed by atoms with Crippen LogP contribution in [0.5, 0.6) is 0 Å². The summed E-state index contributed by atoms with van der Waals surface area (Å²) >= 11 is 0. The summed E-state index contributed by atoms with van der Waals surface area (Å²) in [5.41, 5.74) is 2.46. The lowest BCUT2D eigenvalue weighted by molar-refractivity contribution is -0.122. The zero-order chi connectivity index (χ0) is 18.7. The van der Waals surface area contributed by atoms with Crippen molar-refractivity contribution >= 4 is 29.0 Å². The predicted molar refractivity (Wildman–Crippen MR) is 99.5 cm³/mol. The summed E-state index contributed by atoms with van der Waals surface area (Å²) in [7, 11) is 3.99. The molecule has 0 unspecified atom stereocenters. The number of nitrogens with zero attached hydrogens (tertiary/aromatic N) is 3. The number of carboxylic acid groups (broad SMARTS) is 1. The highest BCUT2D eigenvalue weighted by molar-refractivity contribution is 6.05. The molecule has 0 radical (unpaired) electrons. The Bertz CT molecular complexity index is 780. The molecular weight excluding hydrogens is 334 g/mol. The van der Waals surface area contributed by atoms with E-state index in [4.69, 9.17) is 9.90 Å². The van der Waals surface area contributed by atoms with Crippen LogP contribution in [0.2, 0.25) is 0 Å². The Hall–Kier alpha value is -2.61. The van der Waals surface area contributed by atoms with Crippen LogP contribution in [0.4, 0.5) is 5.69 Å². The summed E-state index contributed by atoms with van der Waals surface area (Å²) in [5, 5.41) is 18.2. The Kier molecular flexibility index (Phi) is 5.41. The van der Waals surface area contributed by atoms with Crippen LogP contribution in [0.25, 0.3) is 10.9 Å². The topological polar surface area (TPSA) is 102 Å². The molecule has 1 aromatic carbocycles. The van der Waals surface area contributed by atoms with Crippen molar-refractivity contribution in [2.45, 2.75) is 18.9 Å². The van der Waals surface area contributed by atoms with Gasteiger partial charge < -0.3 is 20.2 Å². The fraction of sp³-hybridized carbons (Fsp3) is 0.500. The first-order valence-electron chi connectivity index (χ1n) is 8.80. The third kappa shape index (κ3) is 3.65. The lowest BCUT2D eigenvalue weighted by Crippen LogP contribution is -2.57. The maximum Gasteiger partial charge on any atom is 0.290 e. The second-order valence-electron chi connectivity index (χ2n) is 7.02. The number of nitrogens with one attached hydrogen (secondary N) is 2. The Morgan fingerprint density at radius 1 is 1.38 bits per heavy atom. The second kappa shape index (κ2) is 7.74. The molecule has 0 saturated carbocycles. The van der Waals surface area contributed by atoms with E-state index in [0.717, 1.165) is 23.1 Å². The van der Waals surface area contributed by atoms with Gasteiger partial charge in [0.1, 0.15) is 0 Å². The van der Waals surface area contributed by atoms with Gasteiger partial charge >= 0.3 is 0 Å². The molecule has 1 aromatic heterocycles. The van der Waals surface area contributed by atoms with Crippen LogP contribution in [0, 0.1) is 5.92 Å². The first-order valence-corrected chi connectivity index (χ1v) is 8.80. The highest BCUT2D eigenvalue weighted by atomic mass is 16.3. The third-order valence-electron chi connectivity index (χ3n) is 5.25. The molecule has 140 valence electrons. The smallest absolute Gasteiger partial charge is 0.290 e. The fourth-order valence-electron chi connectivity index (χ4n) is 3.82. The number of benzene rings is 1. The van der Waals surface area contributed by atoms with Crippen molar-refractivity contribution in [3.8, 4) is 0 Å². The van der Waals surface area contributed by atoms with E-state index in [0.29, 0.717) is 11.6 Å². The van der Waals surface area contributed by atoms with Crippen LogP contribution < -0.4 is 10.2 Å². The van der Waals surface area contributed by atoms with Gasteiger partial charge in [-0.15, -0.1) is 0 Å². The number of hydrogen-bond donors (Lipinski definition) is 3. The Morgan fingerprint density at radius 3 is 2.65 bits per heavy atom. The van der Waals surface area contributed by atoms with Crippen molar-refractivity contribution in [3.05, 3.63) is 23.9 Å². The SMILES string of the molecule is CN(C)c1ccc2[nH]nc(C(=O)N[C@@H]3CN4CCC3CC4)c2c1.O=CO. The first kappa shape index (κ1) is 18.2. The van der Waals surface area contributed by atoms with Gasteiger partial charge in [0, 0.05) is 37.8 Å². The molecule has 1 atom stereocenters. The molecular formula is C18H25N5O3. The van der Waals surface area contributed by atoms with E-state index in [2.05, 4.69) is 20.4 Å². The average Bonchev–Trinajstić information content (AvgIpc) is 3.06. The molecule has 3 fully saturated rings. The standard InChI is InChI=1S/C17H23N5O.CH2O2/c1-21(2)12-3-4-14-13(9-12)16(20-19-14)17(23)18-15-10-22-7-5-11(15)6-8-22;2-1-3/h3-4,9,11,15H,5-8,10H2,1-2H3,(H,18,23)(H,19,20);1H,(H,2,3)/t15-;/m1./s1. The molecule has 3 N–H and O–H groups in total. The summed E-state index contributed by atoms with van der Waals surface area (Å²) in [6.45, 7) is 3.07. The lowest BCUT2D eigenvalue weighted by atomic mass is 9.84. The quantitative estimate of drug-likeness (QED) is 0.711. The number of aromatic amines is 1. The summed E-state index contributed by atoms with van der Waals surface area (Å²) in [6.07, 6.45) is 2.38. The summed E-state index contributed by atoms with van der Waals surface area (Å²) in [5.74, 6) is 0.553. The van der Waals surface area contributed by atoms with E-state index in [1.54, 1.807) is 0 Å². The van der Waals surface area contributed by atoms with Crippen LogP contribution in [-0.2, 0) is 4.79 Å². The normalized spacial score (nSPS) is 23.8. The molecule has 0 aliphatic carbocycles. The highest BCUT2D eigenvalue weighted by Gasteiger charge is 2.35. The maximum absolute atomic E-state index is 12.7. The monoisotopic (exact) mass is 359 g/mol. The van der Waals surface area contributed by atoms with E-state index >= 15 is 0 Å². The molecule has 5 rings (SSSR count). The van der Waals surface area contributed by atoms with Crippen LogP contribution >= 0.6 is 0 Å². The van der Waals surface area contributed by atoms with E-state index in [9.17, 15) is 4.79 Å². The van der Waals surface area contributed by atoms with Gasteiger partial charge in [-0.3, -0.25) is 14.7 Å². The molecule has 8 nitrogen and oxygen atoms in total.